The van der Waals surface area contributed by atoms with E-state index in [1.54, 1.807) is 0 Å². The molecule has 4 N–H and O–H groups in total. The molecule has 2 aliphatic rings. The van der Waals surface area contributed by atoms with E-state index in [0.29, 0.717) is 18.0 Å². The van der Waals surface area contributed by atoms with Gasteiger partial charge in [-0.3, -0.25) is 10.7 Å². The topological polar surface area (TPSA) is 77.5 Å². The van der Waals surface area contributed by atoms with E-state index in [1.165, 1.54) is 44.9 Å². The van der Waals surface area contributed by atoms with Crippen molar-refractivity contribution in [1.29, 1.82) is 5.41 Å². The molecule has 124 valence electrons. The highest BCUT2D eigenvalue weighted by molar-refractivity contribution is 5.96. The molecule has 1 saturated carbocycles. The van der Waals surface area contributed by atoms with Gasteiger partial charge in [0.2, 0.25) is 0 Å². The molecule has 0 amide bonds. The van der Waals surface area contributed by atoms with Crippen LogP contribution in [0.15, 0.2) is 4.99 Å². The van der Waals surface area contributed by atoms with Crippen LogP contribution in [-0.2, 0) is 0 Å². The van der Waals surface area contributed by atoms with Gasteiger partial charge in [0.05, 0.1) is 6.04 Å². The maximum atomic E-state index is 8.03. The van der Waals surface area contributed by atoms with Gasteiger partial charge in [-0.25, -0.2) is 4.99 Å². The molecule has 1 heterocycles. The molecule has 21 heavy (non-hydrogen) atoms. The third-order valence-corrected chi connectivity index (χ3v) is 4.07. The van der Waals surface area contributed by atoms with Gasteiger partial charge in [-0.2, -0.15) is 0 Å². The van der Waals surface area contributed by atoms with Crippen LogP contribution in [0, 0.1) is 5.41 Å². The van der Waals surface area contributed by atoms with Crippen molar-refractivity contribution >= 4 is 36.7 Å². The van der Waals surface area contributed by atoms with Crippen molar-refractivity contribution in [3.63, 3.8) is 0 Å². The van der Waals surface area contributed by atoms with E-state index in [1.807, 2.05) is 0 Å². The Hall–Kier alpha value is -0.680. The third kappa shape index (κ3) is 7.23. The van der Waals surface area contributed by atoms with E-state index in [2.05, 4.69) is 15.2 Å². The number of nitrogens with zero attached hydrogens (tertiary/aromatic N) is 2. The second-order valence-electron chi connectivity index (χ2n) is 5.68. The third-order valence-electron chi connectivity index (χ3n) is 4.07. The highest BCUT2D eigenvalue weighted by Gasteiger charge is 2.15. The van der Waals surface area contributed by atoms with Crippen LogP contribution in [0.1, 0.15) is 57.8 Å². The average Bonchev–Trinajstić information content (AvgIpc) is 2.68. The van der Waals surface area contributed by atoms with E-state index in [9.17, 15) is 0 Å². The summed E-state index contributed by atoms with van der Waals surface area (Å²) in [5.41, 5.74) is 5.93. The first kappa shape index (κ1) is 20.3. The normalized spacial score (nSPS) is 20.8. The Kier molecular flexibility index (Phi) is 10.6. The number of nitrogens with one attached hydrogen (secondary N) is 2. The lowest BCUT2D eigenvalue weighted by Gasteiger charge is -2.29. The molecular weight excluding hydrogens is 309 g/mol. The number of guanidine groups is 2. The average molecular weight is 338 g/mol. The van der Waals surface area contributed by atoms with Gasteiger partial charge in [0.1, 0.15) is 0 Å². The number of halogens is 2. The van der Waals surface area contributed by atoms with Crippen LogP contribution >= 0.6 is 24.8 Å². The summed E-state index contributed by atoms with van der Waals surface area (Å²) in [5.74, 6) is 0.831. The summed E-state index contributed by atoms with van der Waals surface area (Å²) >= 11 is 0. The van der Waals surface area contributed by atoms with Gasteiger partial charge < -0.3 is 10.6 Å². The highest BCUT2D eigenvalue weighted by atomic mass is 35.5. The molecular formula is C14H29Cl2N5. The first-order valence-electron chi connectivity index (χ1n) is 7.69. The van der Waals surface area contributed by atoms with Crippen molar-refractivity contribution in [2.45, 2.75) is 63.8 Å². The molecule has 1 aliphatic heterocycles. The summed E-state index contributed by atoms with van der Waals surface area (Å²) in [7, 11) is 0. The summed E-state index contributed by atoms with van der Waals surface area (Å²) in [6, 6.07) is 0.351. The quantitative estimate of drug-likeness (QED) is 0.391. The maximum absolute atomic E-state index is 8.03. The van der Waals surface area contributed by atoms with E-state index in [0.717, 1.165) is 25.9 Å². The van der Waals surface area contributed by atoms with E-state index in [-0.39, 0.29) is 24.8 Å². The zero-order valence-corrected chi connectivity index (χ0v) is 14.3. The molecule has 1 aliphatic carbocycles. The largest absolute Gasteiger partial charge is 0.370 e. The number of hydrogen-bond donors (Lipinski definition) is 3. The van der Waals surface area contributed by atoms with Crippen molar-refractivity contribution in [3.05, 3.63) is 0 Å². The Balaban J connectivity index is 0.00000200. The van der Waals surface area contributed by atoms with Gasteiger partial charge in [0.25, 0.3) is 0 Å². The minimum Gasteiger partial charge on any atom is -0.370 e. The summed E-state index contributed by atoms with van der Waals surface area (Å²) in [5, 5.41) is 11.0. The van der Waals surface area contributed by atoms with Gasteiger partial charge in [-0.05, 0) is 32.1 Å². The molecule has 7 heteroatoms. The predicted molar refractivity (Wildman–Crippen MR) is 93.9 cm³/mol. The molecule has 0 atom stereocenters. The number of nitrogens with two attached hydrogens (primary N) is 1. The Morgan fingerprint density at radius 1 is 0.952 bits per heavy atom. The smallest absolute Gasteiger partial charge is 0.197 e. The second-order valence-corrected chi connectivity index (χ2v) is 5.68. The minimum absolute atomic E-state index is 0. The fourth-order valence-electron chi connectivity index (χ4n) is 2.93. The van der Waals surface area contributed by atoms with Gasteiger partial charge in [-0.15, -0.1) is 24.8 Å². The lowest BCUT2D eigenvalue weighted by molar-refractivity contribution is 0.334. The summed E-state index contributed by atoms with van der Waals surface area (Å²) in [6.45, 7) is 1.92. The van der Waals surface area contributed by atoms with Crippen molar-refractivity contribution in [2.75, 3.05) is 13.1 Å². The monoisotopic (exact) mass is 337 g/mol. The first-order valence-corrected chi connectivity index (χ1v) is 7.69. The Labute approximate surface area is 140 Å². The molecule has 0 spiro atoms. The molecule has 1 saturated heterocycles. The van der Waals surface area contributed by atoms with Crippen LogP contribution < -0.4 is 11.1 Å². The second kappa shape index (κ2) is 11.0. The van der Waals surface area contributed by atoms with Crippen LogP contribution in [0.25, 0.3) is 0 Å². The predicted octanol–water partition coefficient (Wildman–Crippen LogP) is 2.88. The van der Waals surface area contributed by atoms with Crippen molar-refractivity contribution < 1.29 is 0 Å². The van der Waals surface area contributed by atoms with E-state index >= 15 is 0 Å². The highest BCUT2D eigenvalue weighted by Crippen LogP contribution is 2.19. The molecule has 2 fully saturated rings. The first-order chi connectivity index (χ1) is 9.25. The van der Waals surface area contributed by atoms with Crippen molar-refractivity contribution in [1.82, 2.24) is 10.2 Å². The molecule has 0 aromatic rings. The lowest BCUT2D eigenvalue weighted by atomic mass is 10.1. The van der Waals surface area contributed by atoms with Crippen LogP contribution in [0.3, 0.4) is 0 Å². The lowest BCUT2D eigenvalue weighted by Crippen LogP contribution is -2.48. The van der Waals surface area contributed by atoms with Gasteiger partial charge in [0.15, 0.2) is 11.9 Å². The molecule has 2 rings (SSSR count). The summed E-state index contributed by atoms with van der Waals surface area (Å²) in [6.07, 6.45) is 11.0. The number of likely N-dealkylation sites (tertiary alicyclic amines) is 1. The fourth-order valence-corrected chi connectivity index (χ4v) is 2.93. The molecule has 0 aromatic carbocycles. The van der Waals surface area contributed by atoms with Gasteiger partial charge >= 0.3 is 0 Å². The van der Waals surface area contributed by atoms with Crippen molar-refractivity contribution in [2.24, 2.45) is 10.7 Å². The fraction of sp³-hybridized carbons (Fsp3) is 0.857. The van der Waals surface area contributed by atoms with Crippen LogP contribution in [0.2, 0.25) is 0 Å². The Morgan fingerprint density at radius 3 is 2.05 bits per heavy atom. The summed E-state index contributed by atoms with van der Waals surface area (Å²) in [4.78, 5) is 6.60. The number of hydrogen-bond acceptors (Lipinski definition) is 2. The maximum Gasteiger partial charge on any atom is 0.197 e. The molecule has 0 aromatic heterocycles. The molecule has 5 nitrogen and oxygen atoms in total. The minimum atomic E-state index is 0. The SMILES string of the molecule is Cl.Cl.N=C(NC(N)=NC1CCCCCC1)N1CCCCC1. The van der Waals surface area contributed by atoms with Gasteiger partial charge in [-0.1, -0.05) is 25.7 Å². The number of piperidine rings is 1. The molecule has 0 unspecified atom stereocenters. The zero-order chi connectivity index (χ0) is 13.5. The summed E-state index contributed by atoms with van der Waals surface area (Å²) < 4.78 is 0. The van der Waals surface area contributed by atoms with Crippen molar-refractivity contribution in [3.8, 4) is 0 Å². The zero-order valence-electron chi connectivity index (χ0n) is 12.6. The van der Waals surface area contributed by atoms with Gasteiger partial charge in [0, 0.05) is 13.1 Å². The standard InChI is InChI=1S/C14H27N5.2ClH/c15-13(17-12-8-4-1-2-5-9-12)18-14(16)19-10-6-3-7-11-19;;/h12H,1-11H2,(H4,15,16,17,18);2*1H. The van der Waals surface area contributed by atoms with E-state index in [4.69, 9.17) is 11.1 Å². The Bertz CT molecular complexity index is 321. The van der Waals surface area contributed by atoms with Crippen LogP contribution in [-0.4, -0.2) is 36.0 Å². The van der Waals surface area contributed by atoms with E-state index < -0.39 is 0 Å². The molecule has 0 radical (unpaired) electrons. The van der Waals surface area contributed by atoms with Crippen LogP contribution in [0.5, 0.6) is 0 Å². The number of rotatable bonds is 1. The number of aliphatic imine (C=N–C) groups is 1. The molecule has 0 bridgehead atoms. The Morgan fingerprint density at radius 2 is 1.48 bits per heavy atom. The van der Waals surface area contributed by atoms with Crippen LogP contribution in [0.4, 0.5) is 0 Å².